The Balaban J connectivity index is 1.51. The highest BCUT2D eigenvalue weighted by atomic mass is 15.1. The first-order valence-electron chi connectivity index (χ1n) is 12.9. The lowest BCUT2D eigenvalue weighted by Crippen LogP contribution is -1.97. The molecule has 178 valence electrons. The van der Waals surface area contributed by atoms with Crippen LogP contribution >= 0.6 is 0 Å². The molecular formula is C35H23N3. The summed E-state index contributed by atoms with van der Waals surface area (Å²) < 4.78 is 4.65. The molecule has 0 spiro atoms. The van der Waals surface area contributed by atoms with Gasteiger partial charge in [-0.25, -0.2) is 4.98 Å². The molecule has 0 aliphatic rings. The van der Waals surface area contributed by atoms with Crippen molar-refractivity contribution in [3.63, 3.8) is 0 Å². The highest BCUT2D eigenvalue weighted by molar-refractivity contribution is 6.25. The summed E-state index contributed by atoms with van der Waals surface area (Å²) >= 11 is 0. The van der Waals surface area contributed by atoms with E-state index in [1.54, 1.807) is 0 Å². The molecule has 0 unspecified atom stereocenters. The zero-order chi connectivity index (χ0) is 25.1. The maximum absolute atomic E-state index is 5.30. The Morgan fingerprint density at radius 2 is 0.974 bits per heavy atom. The van der Waals surface area contributed by atoms with Gasteiger partial charge >= 0.3 is 0 Å². The van der Waals surface area contributed by atoms with Crippen LogP contribution in [0.3, 0.4) is 0 Å². The third-order valence-electron chi connectivity index (χ3n) is 7.52. The largest absolute Gasteiger partial charge is 0.309 e. The molecule has 0 saturated carbocycles. The molecule has 0 saturated heterocycles. The number of benzene rings is 6. The topological polar surface area (TPSA) is 22.8 Å². The summed E-state index contributed by atoms with van der Waals surface area (Å²) in [6, 6.07) is 49.3. The Hall–Kier alpha value is -5.15. The van der Waals surface area contributed by atoms with Gasteiger partial charge in [-0.1, -0.05) is 91.0 Å². The van der Waals surface area contributed by atoms with Gasteiger partial charge in [0.05, 0.1) is 22.1 Å². The van der Waals surface area contributed by atoms with Crippen LogP contribution < -0.4 is 0 Å². The van der Waals surface area contributed by atoms with E-state index in [4.69, 9.17) is 4.98 Å². The summed E-state index contributed by atoms with van der Waals surface area (Å²) in [5, 5.41) is 4.90. The Morgan fingerprint density at radius 1 is 0.395 bits per heavy atom. The maximum Gasteiger partial charge on any atom is 0.145 e. The van der Waals surface area contributed by atoms with Crippen LogP contribution in [0.4, 0.5) is 0 Å². The van der Waals surface area contributed by atoms with Crippen molar-refractivity contribution in [3.8, 4) is 22.8 Å². The van der Waals surface area contributed by atoms with Crippen molar-refractivity contribution in [2.24, 2.45) is 0 Å². The van der Waals surface area contributed by atoms with Crippen LogP contribution in [0.1, 0.15) is 0 Å². The number of hydrogen-bond donors (Lipinski definition) is 0. The lowest BCUT2D eigenvalue weighted by atomic mass is 10.0. The van der Waals surface area contributed by atoms with Gasteiger partial charge < -0.3 is 4.57 Å². The van der Waals surface area contributed by atoms with Gasteiger partial charge in [-0.15, -0.1) is 0 Å². The van der Waals surface area contributed by atoms with E-state index in [9.17, 15) is 0 Å². The average Bonchev–Trinajstić information content (AvgIpc) is 3.55. The number of para-hydroxylation sites is 3. The molecule has 0 fully saturated rings. The van der Waals surface area contributed by atoms with E-state index < -0.39 is 0 Å². The van der Waals surface area contributed by atoms with Crippen molar-refractivity contribution in [2.75, 3.05) is 0 Å². The van der Waals surface area contributed by atoms with Gasteiger partial charge in [0, 0.05) is 33.1 Å². The molecule has 38 heavy (non-hydrogen) atoms. The number of hydrogen-bond acceptors (Lipinski definition) is 1. The SMILES string of the molecule is c1ccc(-c2nc3c4ccc5c(c4ccc3n2-c2ccccc2)c2ccccc2n5-c2ccccc2)cc1. The molecule has 0 N–H and O–H groups in total. The van der Waals surface area contributed by atoms with E-state index in [2.05, 4.69) is 143 Å². The Kier molecular flexibility index (Phi) is 4.52. The van der Waals surface area contributed by atoms with E-state index in [0.717, 1.165) is 33.5 Å². The highest BCUT2D eigenvalue weighted by Crippen LogP contribution is 2.40. The molecular weight excluding hydrogens is 462 g/mol. The first-order valence-corrected chi connectivity index (χ1v) is 12.9. The summed E-state index contributed by atoms with van der Waals surface area (Å²) in [6.45, 7) is 0. The molecule has 8 aromatic rings. The van der Waals surface area contributed by atoms with Crippen molar-refractivity contribution in [2.45, 2.75) is 0 Å². The smallest absolute Gasteiger partial charge is 0.145 e. The normalized spacial score (nSPS) is 11.7. The second-order valence-corrected chi connectivity index (χ2v) is 9.65. The second-order valence-electron chi connectivity index (χ2n) is 9.65. The minimum atomic E-state index is 0.950. The molecule has 6 aromatic carbocycles. The molecule has 0 atom stereocenters. The van der Waals surface area contributed by atoms with E-state index >= 15 is 0 Å². The number of fused-ring (bicyclic) bond motifs is 7. The number of nitrogens with zero attached hydrogens (tertiary/aromatic N) is 3. The summed E-state index contributed by atoms with van der Waals surface area (Å²) in [7, 11) is 0. The van der Waals surface area contributed by atoms with Crippen molar-refractivity contribution in [1.82, 2.24) is 14.1 Å². The highest BCUT2D eigenvalue weighted by Gasteiger charge is 2.19. The first-order chi connectivity index (χ1) is 18.9. The van der Waals surface area contributed by atoms with E-state index in [-0.39, 0.29) is 0 Å². The average molecular weight is 486 g/mol. The van der Waals surface area contributed by atoms with Gasteiger partial charge in [-0.3, -0.25) is 4.57 Å². The quantitative estimate of drug-likeness (QED) is 0.245. The fourth-order valence-electron chi connectivity index (χ4n) is 5.89. The van der Waals surface area contributed by atoms with Crippen LogP contribution in [-0.2, 0) is 0 Å². The number of imidazole rings is 1. The predicted octanol–water partition coefficient (Wildman–Crippen LogP) is 8.94. The van der Waals surface area contributed by atoms with Gasteiger partial charge in [-0.2, -0.15) is 0 Å². The zero-order valence-electron chi connectivity index (χ0n) is 20.6. The fraction of sp³-hybridized carbons (Fsp3) is 0. The van der Waals surface area contributed by atoms with Crippen molar-refractivity contribution < 1.29 is 0 Å². The molecule has 3 heteroatoms. The molecule has 2 aromatic heterocycles. The van der Waals surface area contributed by atoms with E-state index in [0.29, 0.717) is 0 Å². The van der Waals surface area contributed by atoms with Crippen LogP contribution in [0.5, 0.6) is 0 Å². The molecule has 3 nitrogen and oxygen atoms in total. The van der Waals surface area contributed by atoms with Crippen molar-refractivity contribution >= 4 is 43.6 Å². The van der Waals surface area contributed by atoms with Crippen LogP contribution in [0.25, 0.3) is 66.4 Å². The van der Waals surface area contributed by atoms with Gasteiger partial charge in [0.15, 0.2) is 0 Å². The lowest BCUT2D eigenvalue weighted by molar-refractivity contribution is 1.10. The van der Waals surface area contributed by atoms with Crippen LogP contribution in [0, 0.1) is 0 Å². The van der Waals surface area contributed by atoms with Crippen molar-refractivity contribution in [3.05, 3.63) is 140 Å². The maximum atomic E-state index is 5.30. The monoisotopic (exact) mass is 485 g/mol. The molecule has 8 rings (SSSR count). The van der Waals surface area contributed by atoms with Crippen LogP contribution in [-0.4, -0.2) is 14.1 Å². The van der Waals surface area contributed by atoms with Crippen molar-refractivity contribution in [1.29, 1.82) is 0 Å². The molecule has 0 radical (unpaired) electrons. The predicted molar refractivity (Wildman–Crippen MR) is 158 cm³/mol. The van der Waals surface area contributed by atoms with Gasteiger partial charge in [-0.05, 0) is 53.9 Å². The number of aromatic nitrogens is 3. The molecule has 0 aliphatic carbocycles. The van der Waals surface area contributed by atoms with Gasteiger partial charge in [0.1, 0.15) is 5.82 Å². The molecule has 0 aliphatic heterocycles. The molecule has 2 heterocycles. The van der Waals surface area contributed by atoms with Gasteiger partial charge in [0.25, 0.3) is 0 Å². The Labute approximate surface area is 219 Å². The summed E-state index contributed by atoms with van der Waals surface area (Å²) in [4.78, 5) is 5.30. The standard InChI is InChI=1S/C35H23N3/c1-4-12-24(13-5-1)35-36-34-28-21-22-31-33(27(28)20-23-32(34)38(35)26-16-8-3-9-17-26)29-18-10-11-19-30(29)37(31)25-14-6-2-7-15-25/h1-23H. The molecule has 0 amide bonds. The zero-order valence-corrected chi connectivity index (χ0v) is 20.6. The summed E-state index contributed by atoms with van der Waals surface area (Å²) in [6.07, 6.45) is 0. The second kappa shape index (κ2) is 8.19. The minimum absolute atomic E-state index is 0.950. The van der Waals surface area contributed by atoms with E-state index in [1.165, 1.54) is 32.9 Å². The van der Waals surface area contributed by atoms with Crippen LogP contribution in [0.2, 0.25) is 0 Å². The Morgan fingerprint density at radius 3 is 1.71 bits per heavy atom. The molecule has 0 bridgehead atoms. The van der Waals surface area contributed by atoms with Crippen LogP contribution in [0.15, 0.2) is 140 Å². The lowest BCUT2D eigenvalue weighted by Gasteiger charge is -2.10. The third-order valence-corrected chi connectivity index (χ3v) is 7.52. The summed E-state index contributed by atoms with van der Waals surface area (Å²) in [5.41, 5.74) is 7.91. The summed E-state index contributed by atoms with van der Waals surface area (Å²) in [5.74, 6) is 0.950. The minimum Gasteiger partial charge on any atom is -0.309 e. The Bertz CT molecular complexity index is 2100. The first kappa shape index (κ1) is 21.0. The third kappa shape index (κ3) is 2.99. The van der Waals surface area contributed by atoms with Gasteiger partial charge in [0.2, 0.25) is 0 Å². The number of rotatable bonds is 3. The fourth-order valence-corrected chi connectivity index (χ4v) is 5.89. The van der Waals surface area contributed by atoms with E-state index in [1.807, 2.05) is 6.07 Å².